The number of hydrogen-bond acceptors (Lipinski definition) is 3. The Hall–Kier alpha value is -0.250. The first-order valence-corrected chi connectivity index (χ1v) is 8.64. The monoisotopic (exact) mass is 292 g/mol. The van der Waals surface area contributed by atoms with Crippen molar-refractivity contribution in [2.24, 2.45) is 0 Å². The number of fused-ring (bicyclic) bond motifs is 1. The normalized spacial score (nSPS) is 26.8. The second-order valence-electron chi connectivity index (χ2n) is 4.79. The van der Waals surface area contributed by atoms with Gasteiger partial charge in [0.25, 0.3) is 0 Å². The highest BCUT2D eigenvalue weighted by atomic mass is 32.2. The van der Waals surface area contributed by atoms with Crippen molar-refractivity contribution in [3.05, 3.63) is 46.2 Å². The van der Waals surface area contributed by atoms with Crippen LogP contribution in [0.15, 0.2) is 40.6 Å². The first-order valence-electron chi connectivity index (χ1n) is 6.47. The molecule has 18 heavy (non-hydrogen) atoms. The zero-order valence-corrected chi connectivity index (χ0v) is 12.6. The lowest BCUT2D eigenvalue weighted by Crippen LogP contribution is -2.19. The molecule has 94 valence electrons. The average Bonchev–Trinajstić information content (AvgIpc) is 2.82. The van der Waals surface area contributed by atoms with Gasteiger partial charge in [-0.3, -0.25) is 0 Å². The van der Waals surface area contributed by atoms with Crippen molar-refractivity contribution in [1.29, 1.82) is 0 Å². The molecule has 0 amide bonds. The molecule has 0 bridgehead atoms. The molecule has 0 aromatic heterocycles. The van der Waals surface area contributed by atoms with Crippen LogP contribution >= 0.6 is 35.7 Å². The second kappa shape index (κ2) is 5.81. The van der Waals surface area contributed by atoms with Gasteiger partial charge in [0.1, 0.15) is 0 Å². The highest BCUT2D eigenvalue weighted by Gasteiger charge is 2.33. The van der Waals surface area contributed by atoms with Gasteiger partial charge in [0, 0.05) is 19.6 Å². The second-order valence-corrected chi connectivity index (χ2v) is 8.05. The van der Waals surface area contributed by atoms with Crippen molar-refractivity contribution in [1.82, 2.24) is 0 Å². The van der Waals surface area contributed by atoms with Crippen LogP contribution in [-0.4, -0.2) is 15.4 Å². The third-order valence-electron chi connectivity index (χ3n) is 3.48. The Morgan fingerprint density at radius 3 is 2.28 bits per heavy atom. The molecular weight excluding hydrogens is 276 g/mol. The minimum absolute atomic E-state index is 0.841. The Labute approximate surface area is 123 Å². The van der Waals surface area contributed by atoms with Gasteiger partial charge >= 0.3 is 0 Å². The summed E-state index contributed by atoms with van der Waals surface area (Å²) in [6.07, 6.45) is 7.80. The average molecular weight is 292 g/mol. The lowest BCUT2D eigenvalue weighted by atomic mass is 10.00. The quantitative estimate of drug-likeness (QED) is 0.426. The van der Waals surface area contributed by atoms with Gasteiger partial charge in [0.15, 0.2) is 0 Å². The lowest BCUT2D eigenvalue weighted by molar-refractivity contribution is 0.532. The van der Waals surface area contributed by atoms with Crippen LogP contribution in [0.2, 0.25) is 0 Å². The number of thiocarbonyl (C=S) groups is 1. The highest BCUT2D eigenvalue weighted by Crippen LogP contribution is 2.52. The van der Waals surface area contributed by atoms with Crippen LogP contribution in [0.1, 0.15) is 31.2 Å². The first kappa shape index (κ1) is 12.8. The maximum absolute atomic E-state index is 5.52. The van der Waals surface area contributed by atoms with E-state index in [0.29, 0.717) is 0 Å². The number of allylic oxidation sites excluding steroid dienone is 1. The van der Waals surface area contributed by atoms with E-state index in [1.54, 1.807) is 0 Å². The summed E-state index contributed by atoms with van der Waals surface area (Å²) in [6.45, 7) is 0. The van der Waals surface area contributed by atoms with Crippen LogP contribution in [0.5, 0.6) is 0 Å². The molecule has 1 saturated heterocycles. The molecule has 1 saturated carbocycles. The molecule has 2 unspecified atom stereocenters. The largest absolute Gasteiger partial charge is 0.115 e. The van der Waals surface area contributed by atoms with Gasteiger partial charge in [-0.05, 0) is 24.5 Å². The van der Waals surface area contributed by atoms with E-state index >= 15 is 0 Å². The van der Waals surface area contributed by atoms with E-state index in [-0.39, 0.29) is 0 Å². The zero-order valence-electron chi connectivity index (χ0n) is 10.2. The summed E-state index contributed by atoms with van der Waals surface area (Å²) in [5.74, 6) is 0. The summed E-state index contributed by atoms with van der Waals surface area (Å²) in [7, 11) is 0. The molecule has 1 aromatic rings. The van der Waals surface area contributed by atoms with Crippen LogP contribution in [0.25, 0.3) is 0 Å². The fourth-order valence-electron chi connectivity index (χ4n) is 2.52. The fourth-order valence-corrected chi connectivity index (χ4v) is 6.33. The van der Waals surface area contributed by atoms with E-state index in [0.717, 1.165) is 20.9 Å². The number of rotatable bonds is 2. The zero-order chi connectivity index (χ0) is 12.4. The SMILES string of the molecule is S=C(C=C1SC2CCCCC2S1)c1ccccc1. The Balaban J connectivity index is 1.72. The molecule has 1 heterocycles. The molecule has 1 aliphatic carbocycles. The number of hydrogen-bond donors (Lipinski definition) is 0. The summed E-state index contributed by atoms with van der Waals surface area (Å²) in [5.41, 5.74) is 1.16. The van der Waals surface area contributed by atoms with Gasteiger partial charge in [0.05, 0.1) is 0 Å². The van der Waals surface area contributed by atoms with E-state index < -0.39 is 0 Å². The molecule has 3 rings (SSSR count). The van der Waals surface area contributed by atoms with E-state index in [4.69, 9.17) is 12.2 Å². The lowest BCUT2D eigenvalue weighted by Gasteiger charge is -2.21. The Morgan fingerprint density at radius 1 is 1.06 bits per heavy atom. The van der Waals surface area contributed by atoms with Crippen molar-refractivity contribution in [3.63, 3.8) is 0 Å². The molecule has 2 fully saturated rings. The number of thioether (sulfide) groups is 2. The van der Waals surface area contributed by atoms with Crippen molar-refractivity contribution in [2.45, 2.75) is 36.2 Å². The van der Waals surface area contributed by atoms with Gasteiger partial charge < -0.3 is 0 Å². The Kier molecular flexibility index (Phi) is 4.12. The fraction of sp³-hybridized carbons (Fsp3) is 0.400. The van der Waals surface area contributed by atoms with E-state index in [1.807, 2.05) is 6.07 Å². The van der Waals surface area contributed by atoms with Crippen LogP contribution in [-0.2, 0) is 0 Å². The molecular formula is C15H16S3. The predicted octanol–water partition coefficient (Wildman–Crippen LogP) is 5.04. The van der Waals surface area contributed by atoms with Crippen LogP contribution in [0, 0.1) is 0 Å². The predicted molar refractivity (Wildman–Crippen MR) is 87.5 cm³/mol. The standard InChI is InChI=1S/C15H16S3/c16-12(11-6-2-1-3-7-11)10-15-17-13-8-4-5-9-14(13)18-15/h1-3,6-7,10,13-14H,4-5,8-9H2. The smallest absolute Gasteiger partial charge is 0.0465 e. The minimum Gasteiger partial charge on any atom is -0.115 e. The third kappa shape index (κ3) is 2.84. The van der Waals surface area contributed by atoms with Gasteiger partial charge in [-0.15, -0.1) is 23.5 Å². The van der Waals surface area contributed by atoms with Crippen molar-refractivity contribution < 1.29 is 0 Å². The van der Waals surface area contributed by atoms with Gasteiger partial charge in [-0.2, -0.15) is 0 Å². The molecule has 3 heteroatoms. The minimum atomic E-state index is 0.841. The topological polar surface area (TPSA) is 0 Å². The van der Waals surface area contributed by atoms with Crippen molar-refractivity contribution in [3.8, 4) is 0 Å². The Bertz CT molecular complexity index is 448. The molecule has 1 aliphatic heterocycles. The first-order chi connectivity index (χ1) is 8.83. The van der Waals surface area contributed by atoms with Crippen LogP contribution in [0.3, 0.4) is 0 Å². The molecule has 2 aliphatic rings. The molecule has 1 aromatic carbocycles. The maximum atomic E-state index is 5.52. The summed E-state index contributed by atoms with van der Waals surface area (Å²) >= 11 is 9.63. The van der Waals surface area contributed by atoms with Crippen LogP contribution < -0.4 is 0 Å². The van der Waals surface area contributed by atoms with E-state index in [9.17, 15) is 0 Å². The highest BCUT2D eigenvalue weighted by molar-refractivity contribution is 8.26. The van der Waals surface area contributed by atoms with Gasteiger partial charge in [-0.25, -0.2) is 0 Å². The summed E-state index contributed by atoms with van der Waals surface area (Å²) < 4.78 is 1.43. The number of benzene rings is 1. The molecule has 0 radical (unpaired) electrons. The van der Waals surface area contributed by atoms with Crippen molar-refractivity contribution >= 4 is 40.6 Å². The van der Waals surface area contributed by atoms with E-state index in [1.165, 1.54) is 29.9 Å². The van der Waals surface area contributed by atoms with Crippen LogP contribution in [0.4, 0.5) is 0 Å². The van der Waals surface area contributed by atoms with Gasteiger partial charge in [0.2, 0.25) is 0 Å². The molecule has 0 N–H and O–H groups in total. The molecule has 0 spiro atoms. The van der Waals surface area contributed by atoms with Gasteiger partial charge in [-0.1, -0.05) is 55.4 Å². The summed E-state index contributed by atoms with van der Waals surface area (Å²) in [6, 6.07) is 10.3. The maximum Gasteiger partial charge on any atom is 0.0465 e. The molecule has 0 nitrogen and oxygen atoms in total. The molecule has 2 atom stereocenters. The third-order valence-corrected chi connectivity index (χ3v) is 7.02. The van der Waals surface area contributed by atoms with E-state index in [2.05, 4.69) is 53.9 Å². The van der Waals surface area contributed by atoms with Crippen molar-refractivity contribution in [2.75, 3.05) is 0 Å². The summed E-state index contributed by atoms with van der Waals surface area (Å²) in [5, 5.41) is 1.68. The Morgan fingerprint density at radius 2 is 1.67 bits per heavy atom. The summed E-state index contributed by atoms with van der Waals surface area (Å²) in [4.78, 5) is 0.976.